The van der Waals surface area contributed by atoms with E-state index in [2.05, 4.69) is 23.7 Å². The van der Waals surface area contributed by atoms with Crippen LogP contribution in [0.1, 0.15) is 39.2 Å². The number of benzene rings is 1. The summed E-state index contributed by atoms with van der Waals surface area (Å²) in [5.74, 6) is 0.738. The van der Waals surface area contributed by atoms with E-state index in [4.69, 9.17) is 4.99 Å². The first-order valence-electron chi connectivity index (χ1n) is 9.74. The van der Waals surface area contributed by atoms with E-state index in [1.54, 1.807) is 0 Å². The van der Waals surface area contributed by atoms with E-state index in [9.17, 15) is 9.59 Å². The molecule has 1 aromatic rings. The van der Waals surface area contributed by atoms with Gasteiger partial charge in [-0.1, -0.05) is 44.2 Å². The average Bonchev–Trinajstić information content (AvgIpc) is 3.14. The van der Waals surface area contributed by atoms with Crippen molar-refractivity contribution < 1.29 is 9.59 Å². The zero-order valence-electron chi connectivity index (χ0n) is 16.7. The van der Waals surface area contributed by atoms with Gasteiger partial charge in [-0.3, -0.25) is 9.59 Å². The molecule has 6 heteroatoms. The average molecular weight is 378 g/mol. The third kappa shape index (κ3) is 3.96. The molecule has 0 bridgehead atoms. The van der Waals surface area contributed by atoms with Crippen molar-refractivity contribution in [2.45, 2.75) is 33.6 Å². The summed E-state index contributed by atoms with van der Waals surface area (Å²) in [7, 11) is 0. The number of allylic oxidation sites excluding steroid dienone is 1. The largest absolute Gasteiger partial charge is 0.349 e. The van der Waals surface area contributed by atoms with Crippen LogP contribution in [0.4, 0.5) is 0 Å². The van der Waals surface area contributed by atoms with Gasteiger partial charge in [0.05, 0.1) is 6.67 Å². The minimum absolute atomic E-state index is 0.366. The van der Waals surface area contributed by atoms with Crippen LogP contribution in [0, 0.1) is 0 Å². The van der Waals surface area contributed by atoms with E-state index in [1.165, 1.54) is 0 Å². The summed E-state index contributed by atoms with van der Waals surface area (Å²) in [5, 5.41) is 0. The number of aliphatic imine (C=N–C) groups is 2. The third-order valence-corrected chi connectivity index (χ3v) is 4.69. The summed E-state index contributed by atoms with van der Waals surface area (Å²) in [6, 6.07) is 9.98. The van der Waals surface area contributed by atoms with Gasteiger partial charge in [-0.25, -0.2) is 9.98 Å². The zero-order valence-corrected chi connectivity index (χ0v) is 16.7. The summed E-state index contributed by atoms with van der Waals surface area (Å²) in [5.41, 5.74) is 2.86. The first-order chi connectivity index (χ1) is 13.6. The molecule has 0 aliphatic carbocycles. The quantitative estimate of drug-likeness (QED) is 0.514. The molecule has 0 unspecified atom stereocenters. The summed E-state index contributed by atoms with van der Waals surface area (Å²) in [6.45, 7) is 8.17. The molecule has 1 aromatic carbocycles. The third-order valence-electron chi connectivity index (χ3n) is 4.69. The molecular formula is C22H26N4O2. The summed E-state index contributed by atoms with van der Waals surface area (Å²) < 4.78 is 0. The molecule has 3 rings (SSSR count). The number of ketones is 1. The zero-order chi connectivity index (χ0) is 20.1. The molecule has 0 aromatic heterocycles. The van der Waals surface area contributed by atoms with E-state index in [0.29, 0.717) is 42.6 Å². The number of carbonyl (C=O) groups excluding carboxylic acids is 2. The van der Waals surface area contributed by atoms with Crippen LogP contribution in [0.25, 0.3) is 6.08 Å². The lowest BCUT2D eigenvalue weighted by Crippen LogP contribution is -2.48. The number of rotatable bonds is 8. The monoisotopic (exact) mass is 378 g/mol. The predicted molar refractivity (Wildman–Crippen MR) is 112 cm³/mol. The van der Waals surface area contributed by atoms with Crippen molar-refractivity contribution in [3.8, 4) is 0 Å². The van der Waals surface area contributed by atoms with Crippen LogP contribution in [-0.4, -0.2) is 53.3 Å². The Bertz CT molecular complexity index is 881. The summed E-state index contributed by atoms with van der Waals surface area (Å²) in [6.07, 6.45) is 4.23. The second kappa shape index (κ2) is 8.78. The second-order valence-corrected chi connectivity index (χ2v) is 6.96. The predicted octanol–water partition coefficient (Wildman–Crippen LogP) is 3.28. The van der Waals surface area contributed by atoms with E-state index < -0.39 is 5.78 Å². The molecule has 2 aliphatic rings. The number of Topliss-reactive ketones (excluding diaryl/α,β-unsaturated/α-hetero) is 1. The lowest BCUT2D eigenvalue weighted by molar-refractivity contribution is -0.128. The van der Waals surface area contributed by atoms with Gasteiger partial charge >= 0.3 is 0 Å². The molecule has 0 atom stereocenters. The number of hydrogen-bond donors (Lipinski definition) is 0. The van der Waals surface area contributed by atoms with Gasteiger partial charge in [-0.2, -0.15) is 0 Å². The second-order valence-electron chi connectivity index (χ2n) is 6.96. The number of nitrogens with zero attached hydrogens (tertiary/aromatic N) is 4. The minimum atomic E-state index is -0.540. The van der Waals surface area contributed by atoms with Crippen molar-refractivity contribution in [3.63, 3.8) is 0 Å². The highest BCUT2D eigenvalue weighted by atomic mass is 16.2. The molecule has 6 nitrogen and oxygen atoms in total. The highest BCUT2D eigenvalue weighted by Gasteiger charge is 2.36. The van der Waals surface area contributed by atoms with Crippen molar-refractivity contribution in [1.82, 2.24) is 9.80 Å². The molecule has 2 heterocycles. The topological polar surface area (TPSA) is 65.3 Å². The molecule has 0 amide bonds. The maximum absolute atomic E-state index is 12.4. The smallest absolute Gasteiger partial charge is 0.243 e. The summed E-state index contributed by atoms with van der Waals surface area (Å²) >= 11 is 0. The Morgan fingerprint density at radius 2 is 1.75 bits per heavy atom. The van der Waals surface area contributed by atoms with Crippen LogP contribution in [0.5, 0.6) is 0 Å². The van der Waals surface area contributed by atoms with Gasteiger partial charge in [0.1, 0.15) is 11.4 Å². The van der Waals surface area contributed by atoms with Crippen LogP contribution in [0.15, 0.2) is 57.3 Å². The van der Waals surface area contributed by atoms with Crippen molar-refractivity contribution in [2.75, 3.05) is 19.8 Å². The van der Waals surface area contributed by atoms with Crippen molar-refractivity contribution >= 4 is 29.8 Å². The van der Waals surface area contributed by atoms with Crippen molar-refractivity contribution in [1.29, 1.82) is 0 Å². The number of carbonyl (C=O) groups is 2. The van der Waals surface area contributed by atoms with Crippen molar-refractivity contribution in [3.05, 3.63) is 52.9 Å². The van der Waals surface area contributed by atoms with Gasteiger partial charge in [0.25, 0.3) is 0 Å². The molecule has 0 radical (unpaired) electrons. The van der Waals surface area contributed by atoms with Gasteiger partial charge < -0.3 is 9.80 Å². The lowest BCUT2D eigenvalue weighted by Gasteiger charge is -2.38. The van der Waals surface area contributed by atoms with Crippen LogP contribution >= 0.6 is 0 Å². The molecule has 0 saturated carbocycles. The number of hydrogen-bond acceptors (Lipinski definition) is 6. The maximum Gasteiger partial charge on any atom is 0.243 e. The Balaban J connectivity index is 2.07. The maximum atomic E-state index is 12.4. The minimum Gasteiger partial charge on any atom is -0.349 e. The normalized spacial score (nSPS) is 16.8. The summed E-state index contributed by atoms with van der Waals surface area (Å²) in [4.78, 5) is 37.2. The first kappa shape index (κ1) is 19.7. The molecule has 146 valence electrons. The van der Waals surface area contributed by atoms with E-state index in [-0.39, 0.29) is 0 Å². The van der Waals surface area contributed by atoms with Crippen molar-refractivity contribution in [2.24, 2.45) is 9.98 Å². The highest BCUT2D eigenvalue weighted by Crippen LogP contribution is 2.28. The van der Waals surface area contributed by atoms with Crippen LogP contribution in [0.3, 0.4) is 0 Å². The Morgan fingerprint density at radius 3 is 2.39 bits per heavy atom. The fourth-order valence-corrected chi connectivity index (χ4v) is 3.47. The van der Waals surface area contributed by atoms with Crippen LogP contribution in [-0.2, 0) is 9.59 Å². The highest BCUT2D eigenvalue weighted by molar-refractivity contribution is 6.35. The van der Waals surface area contributed by atoms with Gasteiger partial charge in [-0.15, -0.1) is 0 Å². The van der Waals surface area contributed by atoms with Crippen LogP contribution in [0.2, 0.25) is 0 Å². The fraction of sp³-hybridized carbons (Fsp3) is 0.364. The van der Waals surface area contributed by atoms with E-state index in [1.807, 2.05) is 48.2 Å². The molecule has 0 fully saturated rings. The standard InChI is InChI=1S/C22H26N4O2/c1-4-11-25-15-26(12-5-2)22-19(20(25)18(28)14-27)23-21(24-22)16(3)13-17-9-7-6-8-10-17/h6-10,13-14H,4-5,11-12,15H2,1-3H3. The molecule has 0 saturated heterocycles. The van der Waals surface area contributed by atoms with Gasteiger partial charge in [0.15, 0.2) is 18.0 Å². The Morgan fingerprint density at radius 1 is 1.07 bits per heavy atom. The molecule has 0 spiro atoms. The molecule has 28 heavy (non-hydrogen) atoms. The number of fused-ring (bicyclic) bond motifs is 1. The molecular weight excluding hydrogens is 352 g/mol. The Kier molecular flexibility index (Phi) is 6.19. The van der Waals surface area contributed by atoms with E-state index >= 15 is 0 Å². The Hall–Kier alpha value is -3.02. The fourth-order valence-electron chi connectivity index (χ4n) is 3.47. The molecule has 2 aliphatic heterocycles. The lowest BCUT2D eigenvalue weighted by atomic mass is 10.1. The van der Waals surface area contributed by atoms with Gasteiger partial charge in [0.2, 0.25) is 5.78 Å². The number of aldehydes is 1. The SMILES string of the molecule is CCCN1CN(CCC)C(C(=O)C=O)=C2N=C(C(C)=Cc3ccccc3)N=C21. The van der Waals surface area contributed by atoms with Gasteiger partial charge in [0, 0.05) is 13.1 Å². The van der Waals surface area contributed by atoms with Gasteiger partial charge in [-0.05, 0) is 37.0 Å². The first-order valence-corrected chi connectivity index (χ1v) is 9.74. The van der Waals surface area contributed by atoms with E-state index in [0.717, 1.165) is 30.5 Å². The molecule has 0 N–H and O–H groups in total. The Labute approximate surface area is 166 Å². The number of amidine groups is 2. The van der Waals surface area contributed by atoms with Crippen LogP contribution < -0.4 is 0 Å².